The Hall–Kier alpha value is -3.29. The molecule has 4 N–H and O–H groups in total. The molecule has 2 fully saturated rings. The minimum atomic E-state index is -0.311. The summed E-state index contributed by atoms with van der Waals surface area (Å²) in [5.74, 6) is 2.33. The number of anilines is 1. The zero-order valence-corrected chi connectivity index (χ0v) is 17.8. The SMILES string of the molecule is CC(C)(C)NC(=O)NC12CC1C2c1cc(Oc2ccnc3c2CCC(=O)N3)ccc1O. The molecule has 8 nitrogen and oxygen atoms in total. The molecule has 2 saturated carbocycles. The van der Waals surface area contributed by atoms with Crippen LogP contribution in [0, 0.1) is 5.92 Å². The second kappa shape index (κ2) is 6.60. The summed E-state index contributed by atoms with van der Waals surface area (Å²) in [6, 6.07) is 6.77. The van der Waals surface area contributed by atoms with Gasteiger partial charge in [0.05, 0.1) is 5.54 Å². The molecular weight excluding hydrogens is 396 g/mol. The van der Waals surface area contributed by atoms with E-state index in [1.165, 1.54) is 0 Å². The van der Waals surface area contributed by atoms with Crippen LogP contribution in [-0.4, -0.2) is 33.1 Å². The van der Waals surface area contributed by atoms with Crippen molar-refractivity contribution in [1.82, 2.24) is 15.6 Å². The molecule has 0 radical (unpaired) electrons. The number of nitrogens with zero attached hydrogens (tertiary/aromatic N) is 1. The first-order valence-corrected chi connectivity index (χ1v) is 10.6. The lowest BCUT2D eigenvalue weighted by atomic mass is 9.99. The molecule has 31 heavy (non-hydrogen) atoms. The van der Waals surface area contributed by atoms with E-state index in [2.05, 4.69) is 20.9 Å². The van der Waals surface area contributed by atoms with E-state index in [1.807, 2.05) is 26.8 Å². The van der Waals surface area contributed by atoms with Gasteiger partial charge in [-0.25, -0.2) is 9.78 Å². The number of fused-ring (bicyclic) bond motifs is 2. The van der Waals surface area contributed by atoms with Crippen LogP contribution in [0.5, 0.6) is 17.2 Å². The van der Waals surface area contributed by atoms with E-state index < -0.39 is 0 Å². The van der Waals surface area contributed by atoms with Crippen LogP contribution in [0.15, 0.2) is 30.5 Å². The summed E-state index contributed by atoms with van der Waals surface area (Å²) in [6.07, 6.45) is 3.47. The van der Waals surface area contributed by atoms with Gasteiger partial charge in [0.15, 0.2) is 0 Å². The van der Waals surface area contributed by atoms with E-state index in [4.69, 9.17) is 4.74 Å². The maximum absolute atomic E-state index is 12.3. The molecule has 5 rings (SSSR count). The number of nitrogens with one attached hydrogen (secondary N) is 3. The Morgan fingerprint density at radius 3 is 2.84 bits per heavy atom. The third-order valence-corrected chi connectivity index (χ3v) is 6.18. The van der Waals surface area contributed by atoms with E-state index in [1.54, 1.807) is 24.4 Å². The van der Waals surface area contributed by atoms with E-state index in [-0.39, 0.29) is 34.7 Å². The largest absolute Gasteiger partial charge is 0.508 e. The van der Waals surface area contributed by atoms with Crippen LogP contribution in [0.2, 0.25) is 0 Å². The summed E-state index contributed by atoms with van der Waals surface area (Å²) in [5, 5.41) is 19.3. The standard InChI is InChI=1S/C23H26N4O4/c1-22(2,3)26-21(30)27-23-11-15(23)19(23)14-10-12(4-6-16(14)28)31-17-8-9-24-20-13(17)5-7-18(29)25-20/h4,6,8-10,15,19,28H,5,7,11H2,1-3H3,(H,24,25,29)(H2,26,27,30). The van der Waals surface area contributed by atoms with Gasteiger partial charge in [0, 0.05) is 35.2 Å². The van der Waals surface area contributed by atoms with Crippen LogP contribution in [0.25, 0.3) is 0 Å². The Bertz CT molecular complexity index is 1090. The fourth-order valence-electron chi connectivity index (χ4n) is 4.53. The second-order valence-corrected chi connectivity index (χ2v) is 9.66. The average molecular weight is 422 g/mol. The van der Waals surface area contributed by atoms with Gasteiger partial charge in [0.1, 0.15) is 23.1 Å². The molecule has 2 aromatic rings. The zero-order chi connectivity index (χ0) is 22.0. The van der Waals surface area contributed by atoms with Crippen molar-refractivity contribution in [2.24, 2.45) is 5.92 Å². The number of pyridine rings is 1. The molecule has 1 aromatic heterocycles. The summed E-state index contributed by atoms with van der Waals surface area (Å²) in [6.45, 7) is 5.82. The van der Waals surface area contributed by atoms with Gasteiger partial charge in [0.2, 0.25) is 5.91 Å². The van der Waals surface area contributed by atoms with Gasteiger partial charge in [-0.3, -0.25) is 4.79 Å². The molecule has 0 bridgehead atoms. The number of aromatic hydroxyl groups is 1. The molecule has 3 atom stereocenters. The van der Waals surface area contributed by atoms with E-state index in [0.29, 0.717) is 36.1 Å². The van der Waals surface area contributed by atoms with E-state index in [0.717, 1.165) is 17.5 Å². The van der Waals surface area contributed by atoms with Gasteiger partial charge in [-0.2, -0.15) is 0 Å². The summed E-state index contributed by atoms with van der Waals surface area (Å²) in [5.41, 5.74) is 1.06. The smallest absolute Gasteiger partial charge is 0.315 e. The number of hydrogen-bond acceptors (Lipinski definition) is 5. The number of benzene rings is 1. The first-order chi connectivity index (χ1) is 14.7. The quantitative estimate of drug-likeness (QED) is 0.603. The molecule has 2 heterocycles. The number of phenols is 1. The average Bonchev–Trinajstić information content (AvgIpc) is 3.52. The highest BCUT2D eigenvalue weighted by atomic mass is 16.5. The Balaban J connectivity index is 1.34. The third kappa shape index (κ3) is 3.56. The molecule has 1 aliphatic heterocycles. The molecule has 3 amide bonds. The molecule has 3 aliphatic rings. The third-order valence-electron chi connectivity index (χ3n) is 6.18. The maximum Gasteiger partial charge on any atom is 0.315 e. The number of aromatic nitrogens is 1. The van der Waals surface area contributed by atoms with Crippen molar-refractivity contribution in [2.45, 2.75) is 57.0 Å². The van der Waals surface area contributed by atoms with Crippen LogP contribution >= 0.6 is 0 Å². The zero-order valence-electron chi connectivity index (χ0n) is 17.8. The van der Waals surface area contributed by atoms with Crippen molar-refractivity contribution in [3.8, 4) is 17.2 Å². The number of hydrogen-bond donors (Lipinski definition) is 4. The summed E-state index contributed by atoms with van der Waals surface area (Å²) in [7, 11) is 0. The lowest BCUT2D eigenvalue weighted by Gasteiger charge is -2.23. The topological polar surface area (TPSA) is 113 Å². The van der Waals surface area contributed by atoms with Crippen molar-refractivity contribution in [2.75, 3.05) is 5.32 Å². The number of amides is 3. The van der Waals surface area contributed by atoms with Gasteiger partial charge in [-0.1, -0.05) is 0 Å². The first kappa shape index (κ1) is 19.7. The fourth-order valence-corrected chi connectivity index (χ4v) is 4.53. The van der Waals surface area contributed by atoms with Gasteiger partial charge >= 0.3 is 6.03 Å². The number of urea groups is 1. The van der Waals surface area contributed by atoms with Gasteiger partial charge in [0.25, 0.3) is 0 Å². The van der Waals surface area contributed by atoms with Crippen molar-refractivity contribution in [3.63, 3.8) is 0 Å². The molecule has 162 valence electrons. The normalized spacial score (nSPS) is 25.6. The first-order valence-electron chi connectivity index (χ1n) is 10.6. The molecular formula is C23H26N4O4. The van der Waals surface area contributed by atoms with Crippen LogP contribution in [0.1, 0.15) is 50.7 Å². The highest BCUT2D eigenvalue weighted by Crippen LogP contribution is 2.77. The van der Waals surface area contributed by atoms with E-state index >= 15 is 0 Å². The number of carbonyl (C=O) groups is 2. The van der Waals surface area contributed by atoms with Crippen molar-refractivity contribution >= 4 is 17.8 Å². The lowest BCUT2D eigenvalue weighted by molar-refractivity contribution is -0.116. The number of ether oxygens (including phenoxy) is 1. The Morgan fingerprint density at radius 1 is 1.29 bits per heavy atom. The highest BCUT2D eigenvalue weighted by Gasteiger charge is 2.80. The van der Waals surface area contributed by atoms with E-state index in [9.17, 15) is 14.7 Å². The highest BCUT2D eigenvalue weighted by molar-refractivity contribution is 5.93. The molecule has 2 aliphatic carbocycles. The number of carbonyl (C=O) groups excluding carboxylic acids is 2. The lowest BCUT2D eigenvalue weighted by Crippen LogP contribution is -2.49. The summed E-state index contributed by atoms with van der Waals surface area (Å²) >= 11 is 0. The van der Waals surface area contributed by atoms with Gasteiger partial charge < -0.3 is 25.8 Å². The summed E-state index contributed by atoms with van der Waals surface area (Å²) < 4.78 is 6.11. The van der Waals surface area contributed by atoms with Crippen molar-refractivity contribution in [3.05, 3.63) is 41.6 Å². The minimum Gasteiger partial charge on any atom is -0.508 e. The van der Waals surface area contributed by atoms with Crippen molar-refractivity contribution in [1.29, 1.82) is 0 Å². The van der Waals surface area contributed by atoms with Crippen molar-refractivity contribution < 1.29 is 19.4 Å². The molecule has 0 saturated heterocycles. The Kier molecular flexibility index (Phi) is 4.19. The van der Waals surface area contributed by atoms with Crippen LogP contribution in [0.4, 0.5) is 10.6 Å². The molecule has 0 spiro atoms. The molecule has 1 aromatic carbocycles. The maximum atomic E-state index is 12.3. The molecule has 3 unspecified atom stereocenters. The fraction of sp³-hybridized carbons (Fsp3) is 0.435. The number of rotatable bonds is 4. The second-order valence-electron chi connectivity index (χ2n) is 9.66. The minimum absolute atomic E-state index is 0.0506. The van der Waals surface area contributed by atoms with Crippen LogP contribution in [0.3, 0.4) is 0 Å². The monoisotopic (exact) mass is 422 g/mol. The Morgan fingerprint density at radius 2 is 2.10 bits per heavy atom. The predicted octanol–water partition coefficient (Wildman–Crippen LogP) is 3.42. The van der Waals surface area contributed by atoms with Gasteiger partial charge in [-0.05, 0) is 63.8 Å². The van der Waals surface area contributed by atoms with Crippen LogP contribution in [-0.2, 0) is 11.2 Å². The Labute approximate surface area is 180 Å². The molecule has 8 heteroatoms. The van der Waals surface area contributed by atoms with Crippen LogP contribution < -0.4 is 20.7 Å². The predicted molar refractivity (Wildman–Crippen MR) is 114 cm³/mol. The number of phenolic OH excluding ortho intramolecular Hbond substituents is 1. The summed E-state index contributed by atoms with van der Waals surface area (Å²) in [4.78, 5) is 28.2. The van der Waals surface area contributed by atoms with Gasteiger partial charge in [-0.15, -0.1) is 0 Å².